The fourth-order valence-corrected chi connectivity index (χ4v) is 1.37. The van der Waals surface area contributed by atoms with Gasteiger partial charge in [-0.3, -0.25) is 0 Å². The molecule has 0 aliphatic carbocycles. The van der Waals surface area contributed by atoms with E-state index in [4.69, 9.17) is 32.0 Å². The first-order chi connectivity index (χ1) is 8.40. The van der Waals surface area contributed by atoms with Gasteiger partial charge in [-0.05, 0) is 40.2 Å². The zero-order valence-corrected chi connectivity index (χ0v) is 11.4. The lowest BCUT2D eigenvalue weighted by molar-refractivity contribution is 0.448. The van der Waals surface area contributed by atoms with Gasteiger partial charge in [0.05, 0.1) is 9.50 Å². The van der Waals surface area contributed by atoms with Crippen molar-refractivity contribution >= 4 is 27.5 Å². The second-order valence-electron chi connectivity index (χ2n) is 3.27. The van der Waals surface area contributed by atoms with Crippen molar-refractivity contribution in [3.8, 4) is 23.0 Å². The SMILES string of the molecule is Oc1ccc(Br)c(O)c1.Oc1ccc(Cl)c(O)c1. The largest absolute Gasteiger partial charge is 0.508 e. The van der Waals surface area contributed by atoms with Gasteiger partial charge < -0.3 is 20.4 Å². The number of rotatable bonds is 0. The third-order valence-electron chi connectivity index (χ3n) is 1.86. The smallest absolute Gasteiger partial charge is 0.137 e. The van der Waals surface area contributed by atoms with Crippen molar-refractivity contribution < 1.29 is 20.4 Å². The van der Waals surface area contributed by atoms with Crippen molar-refractivity contribution in [1.82, 2.24) is 0 Å². The van der Waals surface area contributed by atoms with Crippen LogP contribution < -0.4 is 0 Å². The first-order valence-electron chi connectivity index (χ1n) is 4.75. The van der Waals surface area contributed by atoms with Gasteiger partial charge in [0.25, 0.3) is 0 Å². The van der Waals surface area contributed by atoms with Gasteiger partial charge in [0, 0.05) is 12.1 Å². The molecular formula is C12H10BrClO4. The molecule has 0 unspecified atom stereocenters. The Kier molecular flexibility index (Phi) is 5.12. The van der Waals surface area contributed by atoms with Crippen molar-refractivity contribution in [3.05, 3.63) is 45.9 Å². The highest BCUT2D eigenvalue weighted by molar-refractivity contribution is 9.10. The summed E-state index contributed by atoms with van der Waals surface area (Å²) < 4.78 is 0.584. The van der Waals surface area contributed by atoms with E-state index in [0.29, 0.717) is 4.47 Å². The molecule has 2 aromatic carbocycles. The van der Waals surface area contributed by atoms with E-state index in [1.807, 2.05) is 0 Å². The fraction of sp³-hybridized carbons (Fsp3) is 0. The highest BCUT2D eigenvalue weighted by Gasteiger charge is 1.96. The van der Waals surface area contributed by atoms with Gasteiger partial charge in [-0.25, -0.2) is 0 Å². The molecule has 0 spiro atoms. The zero-order chi connectivity index (χ0) is 13.7. The van der Waals surface area contributed by atoms with Crippen molar-refractivity contribution in [2.45, 2.75) is 0 Å². The number of benzene rings is 2. The normalized spacial score (nSPS) is 9.44. The molecule has 0 heterocycles. The average Bonchev–Trinajstić information content (AvgIpc) is 2.30. The first kappa shape index (κ1) is 14.5. The summed E-state index contributed by atoms with van der Waals surface area (Å²) in [4.78, 5) is 0. The summed E-state index contributed by atoms with van der Waals surface area (Å²) in [6.07, 6.45) is 0. The summed E-state index contributed by atoms with van der Waals surface area (Å²) in [5.41, 5.74) is 0. The van der Waals surface area contributed by atoms with Gasteiger partial charge in [-0.2, -0.15) is 0 Å². The number of halogens is 2. The minimum atomic E-state index is -0.100. The highest BCUT2D eigenvalue weighted by atomic mass is 79.9. The van der Waals surface area contributed by atoms with E-state index in [1.165, 1.54) is 30.3 Å². The number of aromatic hydroxyl groups is 4. The van der Waals surface area contributed by atoms with E-state index in [2.05, 4.69) is 15.9 Å². The number of phenols is 4. The highest BCUT2D eigenvalue weighted by Crippen LogP contribution is 2.27. The van der Waals surface area contributed by atoms with Gasteiger partial charge in [-0.15, -0.1) is 0 Å². The summed E-state index contributed by atoms with van der Waals surface area (Å²) in [6, 6.07) is 8.34. The van der Waals surface area contributed by atoms with Gasteiger partial charge in [0.1, 0.15) is 23.0 Å². The van der Waals surface area contributed by atoms with Crippen LogP contribution in [-0.4, -0.2) is 20.4 Å². The van der Waals surface area contributed by atoms with Gasteiger partial charge >= 0.3 is 0 Å². The van der Waals surface area contributed by atoms with Gasteiger partial charge in [0.15, 0.2) is 0 Å². The van der Waals surface area contributed by atoms with Crippen LogP contribution in [0.25, 0.3) is 0 Å². The number of phenolic OH excluding ortho intramolecular Hbond substituents is 4. The lowest BCUT2D eigenvalue weighted by atomic mass is 10.3. The van der Waals surface area contributed by atoms with E-state index in [9.17, 15) is 0 Å². The maximum Gasteiger partial charge on any atom is 0.137 e. The average molecular weight is 334 g/mol. The van der Waals surface area contributed by atoms with Crippen LogP contribution in [0, 0.1) is 0 Å². The second kappa shape index (κ2) is 6.37. The molecule has 4 N–H and O–H groups in total. The molecule has 18 heavy (non-hydrogen) atoms. The molecule has 0 atom stereocenters. The Balaban J connectivity index is 0.000000180. The Morgan fingerprint density at radius 2 is 1.28 bits per heavy atom. The van der Waals surface area contributed by atoms with Crippen molar-refractivity contribution in [2.24, 2.45) is 0 Å². The Hall–Kier alpha value is -1.59. The molecule has 2 rings (SSSR count). The van der Waals surface area contributed by atoms with Crippen LogP contribution in [-0.2, 0) is 0 Å². The topological polar surface area (TPSA) is 80.9 Å². The molecule has 96 valence electrons. The summed E-state index contributed by atoms with van der Waals surface area (Å²) in [7, 11) is 0. The molecule has 0 saturated carbocycles. The molecule has 2 aromatic rings. The van der Waals surface area contributed by atoms with Crippen LogP contribution in [0.1, 0.15) is 0 Å². The second-order valence-corrected chi connectivity index (χ2v) is 4.53. The Labute approximate surface area is 117 Å². The maximum atomic E-state index is 8.89. The lowest BCUT2D eigenvalue weighted by Gasteiger charge is -1.94. The molecular weight excluding hydrogens is 323 g/mol. The molecule has 0 aliphatic heterocycles. The molecule has 0 bridgehead atoms. The van der Waals surface area contributed by atoms with Gasteiger partial charge in [0.2, 0.25) is 0 Å². The molecule has 6 heteroatoms. The van der Waals surface area contributed by atoms with E-state index in [-0.39, 0.29) is 28.0 Å². The van der Waals surface area contributed by atoms with E-state index in [1.54, 1.807) is 6.07 Å². The first-order valence-corrected chi connectivity index (χ1v) is 5.92. The molecule has 0 aliphatic rings. The van der Waals surface area contributed by atoms with Crippen LogP contribution in [0.4, 0.5) is 0 Å². The minimum Gasteiger partial charge on any atom is -0.508 e. The predicted octanol–water partition coefficient (Wildman–Crippen LogP) is 3.61. The Morgan fingerprint density at radius 3 is 1.67 bits per heavy atom. The zero-order valence-electron chi connectivity index (χ0n) is 9.01. The summed E-state index contributed by atoms with van der Waals surface area (Å²) in [5.74, 6) is 0.0271. The molecule has 0 saturated heterocycles. The Morgan fingerprint density at radius 1 is 0.778 bits per heavy atom. The predicted molar refractivity (Wildman–Crippen MR) is 72.3 cm³/mol. The molecule has 0 aromatic heterocycles. The monoisotopic (exact) mass is 332 g/mol. The van der Waals surface area contributed by atoms with Gasteiger partial charge in [-0.1, -0.05) is 11.6 Å². The molecule has 0 amide bonds. The number of hydrogen-bond donors (Lipinski definition) is 4. The quantitative estimate of drug-likeness (QED) is 0.594. The number of hydrogen-bond acceptors (Lipinski definition) is 4. The maximum absolute atomic E-state index is 8.89. The van der Waals surface area contributed by atoms with E-state index in [0.717, 1.165) is 0 Å². The lowest BCUT2D eigenvalue weighted by Crippen LogP contribution is -1.66. The van der Waals surface area contributed by atoms with Crippen LogP contribution in [0.3, 0.4) is 0 Å². The van der Waals surface area contributed by atoms with E-state index < -0.39 is 0 Å². The van der Waals surface area contributed by atoms with Crippen molar-refractivity contribution in [1.29, 1.82) is 0 Å². The molecule has 4 nitrogen and oxygen atoms in total. The molecule has 0 radical (unpaired) electrons. The fourth-order valence-electron chi connectivity index (χ4n) is 1.00. The van der Waals surface area contributed by atoms with Crippen LogP contribution in [0.2, 0.25) is 5.02 Å². The van der Waals surface area contributed by atoms with Crippen molar-refractivity contribution in [3.63, 3.8) is 0 Å². The third-order valence-corrected chi connectivity index (χ3v) is 2.85. The summed E-state index contributed by atoms with van der Waals surface area (Å²) in [5, 5.41) is 35.4. The minimum absolute atomic E-state index is 0.0110. The third kappa shape index (κ3) is 4.35. The summed E-state index contributed by atoms with van der Waals surface area (Å²) >= 11 is 8.49. The van der Waals surface area contributed by atoms with Crippen molar-refractivity contribution in [2.75, 3.05) is 0 Å². The molecule has 0 fully saturated rings. The summed E-state index contributed by atoms with van der Waals surface area (Å²) in [6.45, 7) is 0. The van der Waals surface area contributed by atoms with Crippen LogP contribution >= 0.6 is 27.5 Å². The van der Waals surface area contributed by atoms with Crippen LogP contribution in [0.5, 0.6) is 23.0 Å². The standard InChI is InChI=1S/C6H5BrO2.C6H5ClO2/c2*7-5-2-1-4(8)3-6(5)9/h2*1-3,8-9H. The Bertz CT molecular complexity index is 496. The van der Waals surface area contributed by atoms with Crippen LogP contribution in [0.15, 0.2) is 40.9 Å². The van der Waals surface area contributed by atoms with E-state index >= 15 is 0 Å².